The third-order valence-corrected chi connectivity index (χ3v) is 3.81. The third-order valence-electron chi connectivity index (χ3n) is 3.81. The van der Waals surface area contributed by atoms with E-state index in [0.29, 0.717) is 5.75 Å². The third kappa shape index (κ3) is 1.43. The quantitative estimate of drug-likeness (QED) is 0.579. The van der Waals surface area contributed by atoms with Gasteiger partial charge in [0.05, 0.1) is 5.50 Å². The van der Waals surface area contributed by atoms with E-state index < -0.39 is 5.50 Å². The maximum absolute atomic E-state index is 12.6. The standard InChI is InChI=1S/C17H11BO2/c1-17(18)9-8-13-14(20-17)7-6-11-10-4-2-3-5-12(10)16(19)15(11)13/h2-9H,1H3. The van der Waals surface area contributed by atoms with Crippen LogP contribution in [0.1, 0.15) is 28.4 Å². The smallest absolute Gasteiger partial charge is 0.195 e. The van der Waals surface area contributed by atoms with Gasteiger partial charge in [0, 0.05) is 16.7 Å². The number of ether oxygens (including phenoxy) is 1. The molecule has 0 saturated heterocycles. The van der Waals surface area contributed by atoms with Crippen LogP contribution in [0.15, 0.2) is 42.5 Å². The van der Waals surface area contributed by atoms with Gasteiger partial charge in [-0.05, 0) is 30.2 Å². The summed E-state index contributed by atoms with van der Waals surface area (Å²) in [6.07, 6.45) is 3.67. The Hall–Kier alpha value is -2.29. The van der Waals surface area contributed by atoms with Crippen LogP contribution in [0.5, 0.6) is 5.75 Å². The van der Waals surface area contributed by atoms with Crippen molar-refractivity contribution in [1.29, 1.82) is 0 Å². The number of ketones is 1. The first-order valence-electron chi connectivity index (χ1n) is 6.55. The Morgan fingerprint density at radius 1 is 1.05 bits per heavy atom. The van der Waals surface area contributed by atoms with Gasteiger partial charge in [0.15, 0.2) is 5.78 Å². The molecule has 2 aromatic rings. The maximum atomic E-state index is 12.6. The summed E-state index contributed by atoms with van der Waals surface area (Å²) in [5.41, 5.74) is 3.44. The molecule has 0 bridgehead atoms. The van der Waals surface area contributed by atoms with Gasteiger partial charge in [-0.15, -0.1) is 0 Å². The molecule has 2 radical (unpaired) electrons. The van der Waals surface area contributed by atoms with Crippen molar-refractivity contribution < 1.29 is 9.53 Å². The van der Waals surface area contributed by atoms with Gasteiger partial charge in [0.2, 0.25) is 0 Å². The number of carbonyl (C=O) groups is 1. The Morgan fingerprint density at radius 3 is 2.60 bits per heavy atom. The molecule has 0 amide bonds. The summed E-state index contributed by atoms with van der Waals surface area (Å²) in [4.78, 5) is 12.6. The van der Waals surface area contributed by atoms with Crippen molar-refractivity contribution in [3.63, 3.8) is 0 Å². The van der Waals surface area contributed by atoms with Crippen LogP contribution in [0.4, 0.5) is 0 Å². The monoisotopic (exact) mass is 258 g/mol. The molecule has 2 nitrogen and oxygen atoms in total. The minimum atomic E-state index is -0.824. The second-order valence-corrected chi connectivity index (χ2v) is 5.39. The number of hydrogen-bond donors (Lipinski definition) is 0. The summed E-state index contributed by atoms with van der Waals surface area (Å²) < 4.78 is 5.73. The Kier molecular flexibility index (Phi) is 2.09. The van der Waals surface area contributed by atoms with Gasteiger partial charge in [-0.2, -0.15) is 0 Å². The van der Waals surface area contributed by atoms with Gasteiger partial charge in [-0.3, -0.25) is 4.79 Å². The number of benzene rings is 2. The molecule has 0 fully saturated rings. The average molecular weight is 258 g/mol. The second kappa shape index (κ2) is 3.63. The van der Waals surface area contributed by atoms with Crippen LogP contribution in [0.2, 0.25) is 0 Å². The van der Waals surface area contributed by atoms with E-state index in [1.165, 1.54) is 0 Å². The fraction of sp³-hybridized carbons (Fsp3) is 0.118. The lowest BCUT2D eigenvalue weighted by Gasteiger charge is -2.29. The van der Waals surface area contributed by atoms with Gasteiger partial charge < -0.3 is 4.74 Å². The first kappa shape index (κ1) is 11.5. The van der Waals surface area contributed by atoms with E-state index in [9.17, 15) is 4.79 Å². The molecule has 4 rings (SSSR count). The van der Waals surface area contributed by atoms with Crippen molar-refractivity contribution in [1.82, 2.24) is 0 Å². The summed E-state index contributed by atoms with van der Waals surface area (Å²) in [5, 5.41) is 0. The molecule has 0 spiro atoms. The van der Waals surface area contributed by atoms with E-state index in [0.717, 1.165) is 27.8 Å². The van der Waals surface area contributed by atoms with Crippen LogP contribution in [0.25, 0.3) is 17.2 Å². The van der Waals surface area contributed by atoms with Gasteiger partial charge >= 0.3 is 0 Å². The maximum Gasteiger partial charge on any atom is 0.195 e. The highest BCUT2D eigenvalue weighted by molar-refractivity contribution is 6.24. The lowest BCUT2D eigenvalue weighted by atomic mass is 9.80. The highest BCUT2D eigenvalue weighted by atomic mass is 16.5. The van der Waals surface area contributed by atoms with E-state index >= 15 is 0 Å². The number of carbonyl (C=O) groups excluding carboxylic acids is 1. The van der Waals surface area contributed by atoms with E-state index in [-0.39, 0.29) is 5.78 Å². The first-order chi connectivity index (χ1) is 9.57. The summed E-state index contributed by atoms with van der Waals surface area (Å²) in [6.45, 7) is 1.79. The van der Waals surface area contributed by atoms with E-state index in [2.05, 4.69) is 0 Å². The Balaban J connectivity index is 2.00. The molecule has 2 aromatic carbocycles. The number of rotatable bonds is 0. The van der Waals surface area contributed by atoms with Crippen LogP contribution in [-0.2, 0) is 0 Å². The summed E-state index contributed by atoms with van der Waals surface area (Å²) in [5.74, 6) is 0.721. The zero-order valence-electron chi connectivity index (χ0n) is 11.0. The number of fused-ring (bicyclic) bond motifs is 5. The number of hydrogen-bond acceptors (Lipinski definition) is 2. The van der Waals surface area contributed by atoms with E-state index in [1.807, 2.05) is 42.5 Å². The fourth-order valence-corrected chi connectivity index (χ4v) is 2.89. The molecular weight excluding hydrogens is 247 g/mol. The topological polar surface area (TPSA) is 26.3 Å². The molecule has 1 atom stereocenters. The molecule has 0 saturated carbocycles. The van der Waals surface area contributed by atoms with Gasteiger partial charge in [-0.1, -0.05) is 36.4 Å². The van der Waals surface area contributed by atoms with Crippen molar-refractivity contribution >= 4 is 19.7 Å². The lowest BCUT2D eigenvalue weighted by Crippen LogP contribution is -2.32. The Bertz CT molecular complexity index is 788. The summed E-state index contributed by atoms with van der Waals surface area (Å²) in [6, 6.07) is 11.5. The Morgan fingerprint density at radius 2 is 1.80 bits per heavy atom. The second-order valence-electron chi connectivity index (χ2n) is 5.39. The van der Waals surface area contributed by atoms with Crippen molar-refractivity contribution in [3.8, 4) is 16.9 Å². The van der Waals surface area contributed by atoms with Gasteiger partial charge in [0.25, 0.3) is 0 Å². The molecule has 0 aromatic heterocycles. The fourth-order valence-electron chi connectivity index (χ4n) is 2.89. The van der Waals surface area contributed by atoms with Gasteiger partial charge in [-0.25, -0.2) is 0 Å². The molecule has 1 unspecified atom stereocenters. The van der Waals surface area contributed by atoms with Crippen molar-refractivity contribution in [2.75, 3.05) is 0 Å². The van der Waals surface area contributed by atoms with E-state index in [4.69, 9.17) is 12.6 Å². The lowest BCUT2D eigenvalue weighted by molar-refractivity contribution is 0.104. The van der Waals surface area contributed by atoms with E-state index in [1.54, 1.807) is 13.0 Å². The van der Waals surface area contributed by atoms with Crippen molar-refractivity contribution in [3.05, 3.63) is 59.2 Å². The summed E-state index contributed by atoms with van der Waals surface area (Å²) in [7, 11) is 5.96. The van der Waals surface area contributed by atoms with Gasteiger partial charge in [0.1, 0.15) is 13.6 Å². The van der Waals surface area contributed by atoms with Crippen LogP contribution in [0.3, 0.4) is 0 Å². The normalized spacial score (nSPS) is 21.9. The zero-order valence-corrected chi connectivity index (χ0v) is 11.0. The molecule has 1 aliphatic carbocycles. The Labute approximate surface area is 118 Å². The van der Waals surface area contributed by atoms with Crippen LogP contribution >= 0.6 is 0 Å². The first-order valence-corrected chi connectivity index (χ1v) is 6.55. The molecule has 2 aliphatic rings. The minimum absolute atomic E-state index is 0.0568. The summed E-state index contributed by atoms with van der Waals surface area (Å²) >= 11 is 0. The molecule has 0 N–H and O–H groups in total. The van der Waals surface area contributed by atoms with Crippen LogP contribution in [0, 0.1) is 0 Å². The predicted molar refractivity (Wildman–Crippen MR) is 79.1 cm³/mol. The van der Waals surface area contributed by atoms with Crippen LogP contribution < -0.4 is 4.74 Å². The molecule has 94 valence electrons. The van der Waals surface area contributed by atoms with Crippen molar-refractivity contribution in [2.24, 2.45) is 0 Å². The molecular formula is C17H11BO2. The molecule has 1 heterocycles. The minimum Gasteiger partial charge on any atom is -0.493 e. The molecule has 20 heavy (non-hydrogen) atoms. The zero-order chi connectivity index (χ0) is 13.9. The average Bonchev–Trinajstić information content (AvgIpc) is 2.72. The van der Waals surface area contributed by atoms with Crippen molar-refractivity contribution in [2.45, 2.75) is 12.4 Å². The molecule has 3 heteroatoms. The highest BCUT2D eigenvalue weighted by Crippen LogP contribution is 2.43. The van der Waals surface area contributed by atoms with Crippen LogP contribution in [-0.4, -0.2) is 19.1 Å². The predicted octanol–water partition coefficient (Wildman–Crippen LogP) is 3.19. The highest BCUT2D eigenvalue weighted by Gasteiger charge is 2.32. The SMILES string of the molecule is [B]C1(C)C=Cc2c(ccc3c2C(=O)c2ccccc2-3)O1. The molecule has 1 aliphatic heterocycles. The largest absolute Gasteiger partial charge is 0.493 e.